The van der Waals surface area contributed by atoms with Gasteiger partial charge in [0.1, 0.15) is 0 Å². The highest BCUT2D eigenvalue weighted by Gasteiger charge is 2.22. The molecule has 0 aromatic heterocycles. The number of hydrogen-bond acceptors (Lipinski definition) is 3. The van der Waals surface area contributed by atoms with E-state index in [0.29, 0.717) is 6.42 Å². The number of rotatable bonds is 7. The Bertz CT molecular complexity index is 234. The van der Waals surface area contributed by atoms with E-state index in [1.807, 2.05) is 0 Å². The molecule has 0 spiro atoms. The lowest BCUT2D eigenvalue weighted by Gasteiger charge is -2.21. The van der Waals surface area contributed by atoms with Crippen molar-refractivity contribution in [2.45, 2.75) is 76.4 Å². The zero-order valence-corrected chi connectivity index (χ0v) is 11.4. The molecule has 106 valence electrons. The predicted octanol–water partition coefficient (Wildman–Crippen LogP) is 1.71. The van der Waals surface area contributed by atoms with Gasteiger partial charge in [-0.1, -0.05) is 32.1 Å². The van der Waals surface area contributed by atoms with E-state index < -0.39 is 0 Å². The van der Waals surface area contributed by atoms with Crippen LogP contribution >= 0.6 is 0 Å². The van der Waals surface area contributed by atoms with E-state index >= 15 is 0 Å². The van der Waals surface area contributed by atoms with Crippen molar-refractivity contribution in [1.82, 2.24) is 5.32 Å². The van der Waals surface area contributed by atoms with E-state index in [-0.39, 0.29) is 18.1 Å². The van der Waals surface area contributed by atoms with Crippen LogP contribution in [0.2, 0.25) is 0 Å². The van der Waals surface area contributed by atoms with E-state index in [1.165, 1.54) is 6.42 Å². The summed E-state index contributed by atoms with van der Waals surface area (Å²) in [6.45, 7) is 0.737. The van der Waals surface area contributed by atoms with Crippen molar-refractivity contribution < 1.29 is 9.90 Å². The molecule has 1 fully saturated rings. The van der Waals surface area contributed by atoms with Gasteiger partial charge in [-0.25, -0.2) is 0 Å². The number of nitrogens with two attached hydrogens (primary N) is 1. The van der Waals surface area contributed by atoms with Gasteiger partial charge in [0, 0.05) is 6.42 Å². The summed E-state index contributed by atoms with van der Waals surface area (Å²) >= 11 is 0. The Morgan fingerprint density at radius 1 is 1.11 bits per heavy atom. The molecule has 0 aromatic carbocycles. The van der Waals surface area contributed by atoms with Gasteiger partial charge in [-0.15, -0.1) is 0 Å². The fourth-order valence-corrected chi connectivity index (χ4v) is 2.52. The summed E-state index contributed by atoms with van der Waals surface area (Å²) < 4.78 is 0. The lowest BCUT2D eigenvalue weighted by molar-refractivity contribution is -0.122. The summed E-state index contributed by atoms with van der Waals surface area (Å²) in [5, 5.41) is 12.9. The second-order valence-corrected chi connectivity index (χ2v) is 5.33. The molecule has 1 saturated carbocycles. The topological polar surface area (TPSA) is 75.4 Å². The first-order valence-electron chi connectivity index (χ1n) is 7.41. The molecule has 4 heteroatoms. The van der Waals surface area contributed by atoms with Crippen molar-refractivity contribution in [3.05, 3.63) is 0 Å². The van der Waals surface area contributed by atoms with Crippen LogP contribution in [0.1, 0.15) is 64.2 Å². The number of carbonyl (C=O) groups is 1. The quantitative estimate of drug-likeness (QED) is 0.479. The van der Waals surface area contributed by atoms with Crippen LogP contribution in [0.5, 0.6) is 0 Å². The predicted molar refractivity (Wildman–Crippen MR) is 73.2 cm³/mol. The van der Waals surface area contributed by atoms with Crippen LogP contribution in [-0.4, -0.2) is 29.7 Å². The van der Waals surface area contributed by atoms with Gasteiger partial charge >= 0.3 is 0 Å². The van der Waals surface area contributed by atoms with Crippen LogP contribution in [-0.2, 0) is 4.79 Å². The van der Waals surface area contributed by atoms with E-state index in [9.17, 15) is 9.90 Å². The number of hydrogen-bond donors (Lipinski definition) is 3. The molecule has 0 saturated heterocycles. The van der Waals surface area contributed by atoms with Crippen molar-refractivity contribution in [2.75, 3.05) is 6.54 Å². The highest BCUT2D eigenvalue weighted by molar-refractivity contribution is 5.76. The molecule has 4 nitrogen and oxygen atoms in total. The second kappa shape index (κ2) is 9.34. The Morgan fingerprint density at radius 3 is 2.61 bits per heavy atom. The number of unbranched alkanes of at least 4 members (excludes halogenated alkanes) is 3. The highest BCUT2D eigenvalue weighted by Crippen LogP contribution is 2.18. The highest BCUT2D eigenvalue weighted by atomic mass is 16.3. The lowest BCUT2D eigenvalue weighted by atomic mass is 10.1. The first-order chi connectivity index (χ1) is 8.74. The standard InChI is InChI=1S/C14H28N2O2/c15-11-7-2-1-6-10-14(18)16-12-8-4-3-5-9-13(12)17/h12-13,17H,1-11,15H2,(H,16,18). The number of aliphatic hydroxyl groups excluding tert-OH is 1. The molecule has 4 N–H and O–H groups in total. The third-order valence-corrected chi connectivity index (χ3v) is 3.68. The summed E-state index contributed by atoms with van der Waals surface area (Å²) in [6.07, 6.45) is 9.46. The lowest BCUT2D eigenvalue weighted by Crippen LogP contribution is -2.42. The smallest absolute Gasteiger partial charge is 0.220 e. The van der Waals surface area contributed by atoms with Crippen molar-refractivity contribution in [3.63, 3.8) is 0 Å². The molecule has 0 heterocycles. The van der Waals surface area contributed by atoms with Crippen LogP contribution in [0.3, 0.4) is 0 Å². The van der Waals surface area contributed by atoms with Gasteiger partial charge in [-0.2, -0.15) is 0 Å². The summed E-state index contributed by atoms with van der Waals surface area (Å²) in [4.78, 5) is 11.8. The van der Waals surface area contributed by atoms with Gasteiger partial charge in [0.2, 0.25) is 5.91 Å². The zero-order valence-electron chi connectivity index (χ0n) is 11.4. The molecule has 2 unspecified atom stereocenters. The van der Waals surface area contributed by atoms with Crippen LogP contribution in [0.25, 0.3) is 0 Å². The number of carbonyl (C=O) groups excluding carboxylic acids is 1. The van der Waals surface area contributed by atoms with Gasteiger partial charge in [0.15, 0.2) is 0 Å². The normalized spacial score (nSPS) is 24.6. The second-order valence-electron chi connectivity index (χ2n) is 5.33. The molecule has 1 amide bonds. The van der Waals surface area contributed by atoms with Gasteiger partial charge in [-0.3, -0.25) is 4.79 Å². The van der Waals surface area contributed by atoms with Gasteiger partial charge in [0.25, 0.3) is 0 Å². The van der Waals surface area contributed by atoms with Crippen molar-refractivity contribution >= 4 is 5.91 Å². The van der Waals surface area contributed by atoms with Crippen molar-refractivity contribution in [3.8, 4) is 0 Å². The monoisotopic (exact) mass is 256 g/mol. The minimum atomic E-state index is -0.353. The third-order valence-electron chi connectivity index (χ3n) is 3.68. The number of nitrogens with one attached hydrogen (secondary N) is 1. The number of amides is 1. The average molecular weight is 256 g/mol. The zero-order chi connectivity index (χ0) is 13.2. The Hall–Kier alpha value is -0.610. The molecule has 1 aliphatic carbocycles. The summed E-state index contributed by atoms with van der Waals surface area (Å²) in [6, 6.07) is -0.0240. The molecule has 18 heavy (non-hydrogen) atoms. The SMILES string of the molecule is NCCCCCCC(=O)NC1CCCCCC1O. The largest absolute Gasteiger partial charge is 0.391 e. The van der Waals surface area contributed by atoms with Crippen molar-refractivity contribution in [2.24, 2.45) is 5.73 Å². The van der Waals surface area contributed by atoms with E-state index in [1.54, 1.807) is 0 Å². The van der Waals surface area contributed by atoms with Crippen LogP contribution < -0.4 is 11.1 Å². The Balaban J connectivity index is 2.13. The fourth-order valence-electron chi connectivity index (χ4n) is 2.52. The van der Waals surface area contributed by atoms with Gasteiger partial charge < -0.3 is 16.2 Å². The number of aliphatic hydroxyl groups is 1. The van der Waals surface area contributed by atoms with Crippen molar-refractivity contribution in [1.29, 1.82) is 0 Å². The first kappa shape index (κ1) is 15.4. The van der Waals surface area contributed by atoms with E-state index in [0.717, 1.165) is 57.9 Å². The molecule has 0 radical (unpaired) electrons. The molecular weight excluding hydrogens is 228 g/mol. The maximum atomic E-state index is 11.8. The van der Waals surface area contributed by atoms with Crippen LogP contribution in [0, 0.1) is 0 Å². The third kappa shape index (κ3) is 6.36. The average Bonchev–Trinajstić information content (AvgIpc) is 2.55. The molecule has 0 aliphatic heterocycles. The Morgan fingerprint density at radius 2 is 1.83 bits per heavy atom. The maximum absolute atomic E-state index is 11.8. The molecular formula is C14H28N2O2. The minimum absolute atomic E-state index is 0.0240. The Kier molecular flexibility index (Phi) is 8.01. The molecule has 1 rings (SSSR count). The molecule has 0 aromatic rings. The summed E-state index contributed by atoms with van der Waals surface area (Å²) in [5.41, 5.74) is 5.42. The maximum Gasteiger partial charge on any atom is 0.220 e. The Labute approximate surface area is 110 Å². The van der Waals surface area contributed by atoms with Crippen LogP contribution in [0.15, 0.2) is 0 Å². The van der Waals surface area contributed by atoms with Crippen LogP contribution in [0.4, 0.5) is 0 Å². The molecule has 0 bridgehead atoms. The van der Waals surface area contributed by atoms with Gasteiger partial charge in [-0.05, 0) is 32.2 Å². The molecule has 1 aliphatic rings. The molecule has 2 atom stereocenters. The minimum Gasteiger partial charge on any atom is -0.391 e. The van der Waals surface area contributed by atoms with Gasteiger partial charge in [0.05, 0.1) is 12.1 Å². The van der Waals surface area contributed by atoms with E-state index in [2.05, 4.69) is 5.32 Å². The fraction of sp³-hybridized carbons (Fsp3) is 0.929. The summed E-state index contributed by atoms with van der Waals surface area (Å²) in [7, 11) is 0. The first-order valence-corrected chi connectivity index (χ1v) is 7.41. The summed E-state index contributed by atoms with van der Waals surface area (Å²) in [5.74, 6) is 0.0914. The van der Waals surface area contributed by atoms with E-state index in [4.69, 9.17) is 5.73 Å².